The summed E-state index contributed by atoms with van der Waals surface area (Å²) in [6, 6.07) is 12.3. The standard InChI is InChI=1S/C22H29N3O4/c1-5-18(17-9-7-8-10-20(17)29-14-21(26)23-4)24-22(27)25-19-12-11-16(28-6-2)13-15(19)3/h7-13,18H,5-6,14H2,1-4H3,(H,23,26)(H2,24,25,27). The fraction of sp³-hybridized carbons (Fsp3) is 0.364. The summed E-state index contributed by atoms with van der Waals surface area (Å²) in [7, 11) is 1.56. The molecule has 3 amide bonds. The maximum Gasteiger partial charge on any atom is 0.319 e. The van der Waals surface area contributed by atoms with Crippen LogP contribution in [0.15, 0.2) is 42.5 Å². The second-order valence-electron chi connectivity index (χ2n) is 6.47. The maximum absolute atomic E-state index is 12.6. The summed E-state index contributed by atoms with van der Waals surface area (Å²) in [6.07, 6.45) is 0.663. The van der Waals surface area contributed by atoms with Crippen molar-refractivity contribution < 1.29 is 19.1 Å². The lowest BCUT2D eigenvalue weighted by atomic mass is 10.0. The first-order valence-corrected chi connectivity index (χ1v) is 9.71. The number of amides is 3. The molecule has 29 heavy (non-hydrogen) atoms. The number of para-hydroxylation sites is 1. The van der Waals surface area contributed by atoms with E-state index < -0.39 is 0 Å². The highest BCUT2D eigenvalue weighted by Crippen LogP contribution is 2.27. The predicted octanol–water partition coefficient (Wildman–Crippen LogP) is 3.79. The van der Waals surface area contributed by atoms with Crippen molar-refractivity contribution >= 4 is 17.6 Å². The summed E-state index contributed by atoms with van der Waals surface area (Å²) in [6.45, 7) is 6.32. The van der Waals surface area contributed by atoms with Crippen LogP contribution in [0.5, 0.6) is 11.5 Å². The third-order valence-electron chi connectivity index (χ3n) is 4.40. The van der Waals surface area contributed by atoms with Crippen LogP contribution in [-0.2, 0) is 4.79 Å². The van der Waals surface area contributed by atoms with Gasteiger partial charge in [-0.25, -0.2) is 4.79 Å². The van der Waals surface area contributed by atoms with Gasteiger partial charge in [0.05, 0.1) is 12.6 Å². The van der Waals surface area contributed by atoms with Gasteiger partial charge in [0.25, 0.3) is 5.91 Å². The second-order valence-corrected chi connectivity index (χ2v) is 6.47. The van der Waals surface area contributed by atoms with Crippen LogP contribution in [0.3, 0.4) is 0 Å². The van der Waals surface area contributed by atoms with Crippen molar-refractivity contribution in [2.75, 3.05) is 25.6 Å². The lowest BCUT2D eigenvalue weighted by Crippen LogP contribution is -2.33. The van der Waals surface area contributed by atoms with E-state index in [1.807, 2.05) is 57.2 Å². The van der Waals surface area contributed by atoms with Crippen LogP contribution in [-0.4, -0.2) is 32.2 Å². The molecule has 1 unspecified atom stereocenters. The van der Waals surface area contributed by atoms with Crippen LogP contribution in [0, 0.1) is 6.92 Å². The molecule has 0 saturated carbocycles. The molecule has 2 rings (SSSR count). The summed E-state index contributed by atoms with van der Waals surface area (Å²) in [5.41, 5.74) is 2.44. The first-order chi connectivity index (χ1) is 14.0. The van der Waals surface area contributed by atoms with Gasteiger partial charge >= 0.3 is 6.03 Å². The molecule has 0 saturated heterocycles. The zero-order chi connectivity index (χ0) is 21.2. The zero-order valence-electron chi connectivity index (χ0n) is 17.4. The van der Waals surface area contributed by atoms with Gasteiger partial charge in [-0.2, -0.15) is 0 Å². The number of aryl methyl sites for hydroxylation is 1. The van der Waals surface area contributed by atoms with Crippen molar-refractivity contribution in [3.8, 4) is 11.5 Å². The number of anilines is 1. The highest BCUT2D eigenvalue weighted by molar-refractivity contribution is 5.90. The van der Waals surface area contributed by atoms with Crippen LogP contribution in [0.2, 0.25) is 0 Å². The molecule has 7 heteroatoms. The SMILES string of the molecule is CCOc1ccc(NC(=O)NC(CC)c2ccccc2OCC(=O)NC)c(C)c1. The Morgan fingerprint density at radius 3 is 2.48 bits per heavy atom. The molecule has 0 heterocycles. The van der Waals surface area contributed by atoms with Crippen LogP contribution in [0.4, 0.5) is 10.5 Å². The highest BCUT2D eigenvalue weighted by atomic mass is 16.5. The minimum atomic E-state index is -0.315. The van der Waals surface area contributed by atoms with E-state index in [1.165, 1.54) is 0 Å². The Hall–Kier alpha value is -3.22. The smallest absolute Gasteiger partial charge is 0.319 e. The average molecular weight is 399 g/mol. The lowest BCUT2D eigenvalue weighted by molar-refractivity contribution is -0.122. The van der Waals surface area contributed by atoms with Crippen molar-refractivity contribution in [3.05, 3.63) is 53.6 Å². The van der Waals surface area contributed by atoms with E-state index in [0.717, 1.165) is 16.9 Å². The molecule has 2 aromatic carbocycles. The van der Waals surface area contributed by atoms with Gasteiger partial charge in [-0.1, -0.05) is 25.1 Å². The topological polar surface area (TPSA) is 88.7 Å². The van der Waals surface area contributed by atoms with Crippen molar-refractivity contribution in [2.45, 2.75) is 33.2 Å². The number of benzene rings is 2. The molecule has 156 valence electrons. The van der Waals surface area contributed by atoms with Crippen LogP contribution < -0.4 is 25.4 Å². The van der Waals surface area contributed by atoms with Crippen LogP contribution in [0.1, 0.15) is 37.4 Å². The predicted molar refractivity (Wildman–Crippen MR) is 114 cm³/mol. The Kier molecular flexibility index (Phi) is 8.33. The minimum Gasteiger partial charge on any atom is -0.494 e. The Morgan fingerprint density at radius 2 is 1.83 bits per heavy atom. The Balaban J connectivity index is 2.08. The summed E-state index contributed by atoms with van der Waals surface area (Å²) >= 11 is 0. The van der Waals surface area contributed by atoms with E-state index in [4.69, 9.17) is 9.47 Å². The Labute approximate surface area is 171 Å². The molecule has 0 aliphatic heterocycles. The normalized spacial score (nSPS) is 11.3. The lowest BCUT2D eigenvalue weighted by Gasteiger charge is -2.21. The molecule has 2 aromatic rings. The molecule has 1 atom stereocenters. The number of rotatable bonds is 9. The van der Waals surface area contributed by atoms with E-state index in [9.17, 15) is 9.59 Å². The largest absolute Gasteiger partial charge is 0.494 e. The molecule has 7 nitrogen and oxygen atoms in total. The maximum atomic E-state index is 12.6. The third-order valence-corrected chi connectivity index (χ3v) is 4.40. The van der Waals surface area contributed by atoms with E-state index in [-0.39, 0.29) is 24.6 Å². The molecule has 0 aliphatic rings. The first-order valence-electron chi connectivity index (χ1n) is 9.71. The molecule has 0 aromatic heterocycles. The fourth-order valence-electron chi connectivity index (χ4n) is 2.86. The van der Waals surface area contributed by atoms with Crippen molar-refractivity contribution in [1.82, 2.24) is 10.6 Å². The fourth-order valence-corrected chi connectivity index (χ4v) is 2.86. The Bertz CT molecular complexity index is 839. The van der Waals surface area contributed by atoms with Gasteiger partial charge in [0.2, 0.25) is 0 Å². The number of likely N-dealkylation sites (N-methyl/N-ethyl adjacent to an activating group) is 1. The van der Waals surface area contributed by atoms with Gasteiger partial charge in [-0.15, -0.1) is 0 Å². The molecule has 0 fully saturated rings. The molecule has 0 spiro atoms. The van der Waals surface area contributed by atoms with Crippen molar-refractivity contribution in [2.24, 2.45) is 0 Å². The van der Waals surface area contributed by atoms with Crippen molar-refractivity contribution in [3.63, 3.8) is 0 Å². The van der Waals surface area contributed by atoms with Crippen LogP contribution in [0.25, 0.3) is 0 Å². The molecular weight excluding hydrogens is 370 g/mol. The molecule has 0 aliphatic carbocycles. The number of carbonyl (C=O) groups is 2. The third kappa shape index (κ3) is 6.41. The van der Waals surface area contributed by atoms with E-state index >= 15 is 0 Å². The monoisotopic (exact) mass is 399 g/mol. The molecule has 3 N–H and O–H groups in total. The van der Waals surface area contributed by atoms with Gasteiger partial charge in [-0.3, -0.25) is 4.79 Å². The quantitative estimate of drug-likeness (QED) is 0.599. The Morgan fingerprint density at radius 1 is 1.07 bits per heavy atom. The van der Waals surface area contributed by atoms with Gasteiger partial charge in [0, 0.05) is 18.3 Å². The van der Waals surface area contributed by atoms with Gasteiger partial charge in [0.15, 0.2) is 6.61 Å². The number of nitrogens with one attached hydrogen (secondary N) is 3. The minimum absolute atomic E-state index is 0.0818. The number of hydrogen-bond acceptors (Lipinski definition) is 4. The number of carbonyl (C=O) groups excluding carboxylic acids is 2. The highest BCUT2D eigenvalue weighted by Gasteiger charge is 2.18. The average Bonchev–Trinajstić information content (AvgIpc) is 2.72. The summed E-state index contributed by atoms with van der Waals surface area (Å²) in [5, 5.41) is 8.38. The first kappa shape index (κ1) is 22.1. The summed E-state index contributed by atoms with van der Waals surface area (Å²) in [5.74, 6) is 1.12. The summed E-state index contributed by atoms with van der Waals surface area (Å²) < 4.78 is 11.1. The second kappa shape index (κ2) is 10.9. The zero-order valence-corrected chi connectivity index (χ0v) is 17.4. The van der Waals surface area contributed by atoms with Gasteiger partial charge in [-0.05, 0) is 50.1 Å². The summed E-state index contributed by atoms with van der Waals surface area (Å²) in [4.78, 5) is 24.1. The molecular formula is C22H29N3O4. The van der Waals surface area contributed by atoms with Gasteiger partial charge < -0.3 is 25.4 Å². The van der Waals surface area contributed by atoms with E-state index in [1.54, 1.807) is 13.1 Å². The molecule has 0 bridgehead atoms. The van der Waals surface area contributed by atoms with Crippen LogP contribution >= 0.6 is 0 Å². The number of hydrogen-bond donors (Lipinski definition) is 3. The van der Waals surface area contributed by atoms with Gasteiger partial charge in [0.1, 0.15) is 11.5 Å². The van der Waals surface area contributed by atoms with E-state index in [0.29, 0.717) is 24.5 Å². The number of urea groups is 1. The van der Waals surface area contributed by atoms with Crippen molar-refractivity contribution in [1.29, 1.82) is 0 Å². The number of ether oxygens (including phenoxy) is 2. The van der Waals surface area contributed by atoms with E-state index in [2.05, 4.69) is 16.0 Å². The molecule has 0 radical (unpaired) electrons.